The molecule has 0 atom stereocenters. The van der Waals surface area contributed by atoms with Crippen LogP contribution in [0.15, 0.2) is 24.3 Å². The smallest absolute Gasteiger partial charge is 0.119 e. The molecule has 1 saturated carbocycles. The van der Waals surface area contributed by atoms with E-state index in [1.807, 2.05) is 24.3 Å². The van der Waals surface area contributed by atoms with Gasteiger partial charge < -0.3 is 15.6 Å². The summed E-state index contributed by atoms with van der Waals surface area (Å²) in [5.41, 5.74) is 6.28. The van der Waals surface area contributed by atoms with Crippen LogP contribution in [0.5, 0.6) is 5.75 Å². The Morgan fingerprint density at radius 1 is 1.25 bits per heavy atom. The Labute approximate surface area is 120 Å². The van der Waals surface area contributed by atoms with Gasteiger partial charge in [0.05, 0.1) is 13.2 Å². The minimum atomic E-state index is 0.213. The van der Waals surface area contributed by atoms with Crippen LogP contribution < -0.4 is 10.5 Å². The SMILES string of the molecule is NCC#Cc1ccc(OCCN(CCO)C2CC2)cc1. The summed E-state index contributed by atoms with van der Waals surface area (Å²) in [6, 6.07) is 8.37. The van der Waals surface area contributed by atoms with E-state index in [0.29, 0.717) is 19.2 Å². The highest BCUT2D eigenvalue weighted by molar-refractivity contribution is 5.38. The summed E-state index contributed by atoms with van der Waals surface area (Å²) in [4.78, 5) is 2.29. The van der Waals surface area contributed by atoms with Crippen molar-refractivity contribution in [3.63, 3.8) is 0 Å². The van der Waals surface area contributed by atoms with Crippen LogP contribution in [0.25, 0.3) is 0 Å². The molecule has 4 nitrogen and oxygen atoms in total. The van der Waals surface area contributed by atoms with Gasteiger partial charge in [-0.2, -0.15) is 0 Å². The van der Waals surface area contributed by atoms with Crippen molar-refractivity contribution in [2.45, 2.75) is 18.9 Å². The first kappa shape index (κ1) is 14.9. The van der Waals surface area contributed by atoms with Crippen molar-refractivity contribution < 1.29 is 9.84 Å². The van der Waals surface area contributed by atoms with Crippen LogP contribution in [-0.4, -0.2) is 48.9 Å². The molecule has 1 aliphatic carbocycles. The zero-order valence-electron chi connectivity index (χ0n) is 11.7. The third-order valence-electron chi connectivity index (χ3n) is 3.29. The highest BCUT2D eigenvalue weighted by Crippen LogP contribution is 2.26. The number of hydrogen-bond acceptors (Lipinski definition) is 4. The first-order chi connectivity index (χ1) is 9.83. The van der Waals surface area contributed by atoms with Gasteiger partial charge in [0, 0.05) is 24.7 Å². The normalized spacial score (nSPS) is 13.9. The highest BCUT2D eigenvalue weighted by Gasteiger charge is 2.28. The topological polar surface area (TPSA) is 58.7 Å². The molecule has 0 saturated heterocycles. The van der Waals surface area contributed by atoms with Crippen LogP contribution in [0.1, 0.15) is 18.4 Å². The number of aliphatic hydroxyl groups excluding tert-OH is 1. The third kappa shape index (κ3) is 4.86. The van der Waals surface area contributed by atoms with E-state index in [-0.39, 0.29) is 6.61 Å². The molecule has 3 N–H and O–H groups in total. The van der Waals surface area contributed by atoms with Gasteiger partial charge in [0.25, 0.3) is 0 Å². The fourth-order valence-electron chi connectivity index (χ4n) is 2.11. The van der Waals surface area contributed by atoms with E-state index in [1.54, 1.807) is 0 Å². The molecular formula is C16H22N2O2. The lowest BCUT2D eigenvalue weighted by Crippen LogP contribution is -2.33. The molecular weight excluding hydrogens is 252 g/mol. The maximum Gasteiger partial charge on any atom is 0.119 e. The van der Waals surface area contributed by atoms with E-state index in [0.717, 1.165) is 24.4 Å². The summed E-state index contributed by atoms with van der Waals surface area (Å²) in [6.07, 6.45) is 2.49. The van der Waals surface area contributed by atoms with Gasteiger partial charge >= 0.3 is 0 Å². The average Bonchev–Trinajstić information content (AvgIpc) is 3.30. The maximum atomic E-state index is 9.03. The second-order valence-electron chi connectivity index (χ2n) is 4.87. The van der Waals surface area contributed by atoms with E-state index in [1.165, 1.54) is 12.8 Å². The Kier molecular flexibility index (Phi) is 5.87. The predicted octanol–water partition coefficient (Wildman–Crippen LogP) is 0.832. The average molecular weight is 274 g/mol. The summed E-state index contributed by atoms with van der Waals surface area (Å²) in [7, 11) is 0. The van der Waals surface area contributed by atoms with E-state index >= 15 is 0 Å². The predicted molar refractivity (Wildman–Crippen MR) is 79.6 cm³/mol. The molecule has 108 valence electrons. The first-order valence-electron chi connectivity index (χ1n) is 7.10. The molecule has 0 unspecified atom stereocenters. The van der Waals surface area contributed by atoms with Crippen LogP contribution in [0.4, 0.5) is 0 Å². The Hall–Kier alpha value is -1.54. The van der Waals surface area contributed by atoms with Gasteiger partial charge in [0.15, 0.2) is 0 Å². The molecule has 0 aromatic heterocycles. The molecule has 4 heteroatoms. The van der Waals surface area contributed by atoms with Crippen molar-refractivity contribution in [2.75, 3.05) is 32.8 Å². The fourth-order valence-corrected chi connectivity index (χ4v) is 2.11. The summed E-state index contributed by atoms with van der Waals surface area (Å²) in [5, 5.41) is 9.03. The summed E-state index contributed by atoms with van der Waals surface area (Å²) in [6.45, 7) is 2.83. The molecule has 20 heavy (non-hydrogen) atoms. The van der Waals surface area contributed by atoms with Crippen molar-refractivity contribution >= 4 is 0 Å². The molecule has 2 rings (SSSR count). The zero-order chi connectivity index (χ0) is 14.2. The lowest BCUT2D eigenvalue weighted by atomic mass is 10.2. The highest BCUT2D eigenvalue weighted by atomic mass is 16.5. The first-order valence-corrected chi connectivity index (χ1v) is 7.10. The minimum Gasteiger partial charge on any atom is -0.492 e. The lowest BCUT2D eigenvalue weighted by molar-refractivity contribution is 0.162. The van der Waals surface area contributed by atoms with Crippen molar-refractivity contribution in [1.82, 2.24) is 4.90 Å². The molecule has 1 aromatic carbocycles. The number of ether oxygens (including phenoxy) is 1. The van der Waals surface area contributed by atoms with Crippen LogP contribution >= 0.6 is 0 Å². The third-order valence-corrected chi connectivity index (χ3v) is 3.29. The summed E-state index contributed by atoms with van der Waals surface area (Å²) >= 11 is 0. The number of benzene rings is 1. The van der Waals surface area contributed by atoms with E-state index in [9.17, 15) is 0 Å². The lowest BCUT2D eigenvalue weighted by Gasteiger charge is -2.20. The van der Waals surface area contributed by atoms with Crippen LogP contribution in [0.2, 0.25) is 0 Å². The van der Waals surface area contributed by atoms with E-state index in [4.69, 9.17) is 15.6 Å². The number of hydrogen-bond donors (Lipinski definition) is 2. The molecule has 0 bridgehead atoms. The van der Waals surface area contributed by atoms with Crippen LogP contribution in [-0.2, 0) is 0 Å². The van der Waals surface area contributed by atoms with Gasteiger partial charge in [-0.05, 0) is 37.1 Å². The van der Waals surface area contributed by atoms with Crippen molar-refractivity contribution in [2.24, 2.45) is 5.73 Å². The Balaban J connectivity index is 1.75. The van der Waals surface area contributed by atoms with Gasteiger partial charge in [-0.25, -0.2) is 0 Å². The van der Waals surface area contributed by atoms with Crippen molar-refractivity contribution in [1.29, 1.82) is 0 Å². The number of nitrogens with two attached hydrogens (primary N) is 1. The number of nitrogens with zero attached hydrogens (tertiary/aromatic N) is 1. The van der Waals surface area contributed by atoms with Gasteiger partial charge in [-0.3, -0.25) is 4.90 Å². The van der Waals surface area contributed by atoms with Crippen molar-refractivity contribution in [3.8, 4) is 17.6 Å². The second kappa shape index (κ2) is 7.91. The molecule has 0 amide bonds. The molecule has 0 radical (unpaired) electrons. The fraction of sp³-hybridized carbons (Fsp3) is 0.500. The quantitative estimate of drug-likeness (QED) is 0.723. The van der Waals surface area contributed by atoms with Gasteiger partial charge in [0.2, 0.25) is 0 Å². The van der Waals surface area contributed by atoms with Crippen LogP contribution in [0.3, 0.4) is 0 Å². The van der Waals surface area contributed by atoms with Crippen LogP contribution in [0, 0.1) is 11.8 Å². The second-order valence-corrected chi connectivity index (χ2v) is 4.87. The van der Waals surface area contributed by atoms with Crippen molar-refractivity contribution in [3.05, 3.63) is 29.8 Å². The van der Waals surface area contributed by atoms with Gasteiger partial charge in [-0.1, -0.05) is 11.8 Å². The molecule has 1 aliphatic rings. The number of aliphatic hydroxyl groups is 1. The van der Waals surface area contributed by atoms with E-state index in [2.05, 4.69) is 16.7 Å². The maximum absolute atomic E-state index is 9.03. The molecule has 0 spiro atoms. The Morgan fingerprint density at radius 2 is 2.00 bits per heavy atom. The Morgan fingerprint density at radius 3 is 2.60 bits per heavy atom. The minimum absolute atomic E-state index is 0.213. The molecule has 1 fully saturated rings. The molecule has 0 aliphatic heterocycles. The molecule has 1 aromatic rings. The molecule has 0 heterocycles. The van der Waals surface area contributed by atoms with Gasteiger partial charge in [-0.15, -0.1) is 0 Å². The summed E-state index contributed by atoms with van der Waals surface area (Å²) in [5.74, 6) is 6.65. The Bertz CT molecular complexity index is 458. The van der Waals surface area contributed by atoms with E-state index < -0.39 is 0 Å². The largest absolute Gasteiger partial charge is 0.492 e. The van der Waals surface area contributed by atoms with Gasteiger partial charge in [0.1, 0.15) is 12.4 Å². The standard InChI is InChI=1S/C16H22N2O2/c17-9-1-2-14-3-7-16(8-4-14)20-13-11-18(10-12-19)15-5-6-15/h3-4,7-8,15,19H,5-6,9-13,17H2. The summed E-state index contributed by atoms with van der Waals surface area (Å²) < 4.78 is 5.72. The zero-order valence-corrected chi connectivity index (χ0v) is 11.7. The monoisotopic (exact) mass is 274 g/mol. The number of rotatable bonds is 7.